The molecule has 1 aromatic heterocycles. The monoisotopic (exact) mass is 285 g/mol. The maximum Gasteiger partial charge on any atom is 0.124 e. The van der Waals surface area contributed by atoms with Crippen LogP contribution in [-0.4, -0.2) is 10.1 Å². The van der Waals surface area contributed by atoms with Gasteiger partial charge in [0.25, 0.3) is 0 Å². The summed E-state index contributed by atoms with van der Waals surface area (Å²) >= 11 is 7.44. The second-order valence-electron chi connectivity index (χ2n) is 4.15. The fraction of sp³-hybridized carbons (Fsp3) is 0.308. The fourth-order valence-corrected chi connectivity index (χ4v) is 3.02. The van der Waals surface area contributed by atoms with Crippen molar-refractivity contribution in [2.45, 2.75) is 26.4 Å². The molecule has 2 rings (SSSR count). The maximum atomic E-state index is 12.9. The third-order valence-corrected chi connectivity index (χ3v) is 4.29. The number of thiazole rings is 1. The van der Waals surface area contributed by atoms with E-state index in [4.69, 9.17) is 11.6 Å². The van der Waals surface area contributed by atoms with Crippen LogP contribution in [0.1, 0.15) is 34.2 Å². The third-order valence-electron chi connectivity index (χ3n) is 2.61. The van der Waals surface area contributed by atoms with Crippen molar-refractivity contribution in [1.29, 1.82) is 0 Å². The second kappa shape index (κ2) is 5.34. The molecule has 1 heterocycles. The Morgan fingerprint density at radius 3 is 2.78 bits per heavy atom. The van der Waals surface area contributed by atoms with E-state index in [1.165, 1.54) is 23.5 Å². The zero-order chi connectivity index (χ0) is 13.3. The van der Waals surface area contributed by atoms with Crippen LogP contribution in [0.4, 0.5) is 4.39 Å². The van der Waals surface area contributed by atoms with Gasteiger partial charge in [0.05, 0.1) is 21.7 Å². The topological polar surface area (TPSA) is 33.1 Å². The van der Waals surface area contributed by atoms with Gasteiger partial charge in [0, 0.05) is 11.4 Å². The molecular weight excluding hydrogens is 273 g/mol. The number of hydrogen-bond acceptors (Lipinski definition) is 3. The lowest BCUT2D eigenvalue weighted by Gasteiger charge is -2.01. The van der Waals surface area contributed by atoms with Gasteiger partial charge in [-0.15, -0.1) is 11.3 Å². The van der Waals surface area contributed by atoms with Gasteiger partial charge >= 0.3 is 0 Å². The normalized spacial score (nSPS) is 12.7. The number of hydrogen-bond donors (Lipinski definition) is 1. The minimum atomic E-state index is -0.514. The Hall–Kier alpha value is -0.970. The van der Waals surface area contributed by atoms with E-state index >= 15 is 0 Å². The van der Waals surface area contributed by atoms with Crippen molar-refractivity contribution < 1.29 is 9.50 Å². The molecule has 0 fully saturated rings. The van der Waals surface area contributed by atoms with Crippen molar-refractivity contribution in [3.63, 3.8) is 0 Å². The molecule has 0 radical (unpaired) electrons. The van der Waals surface area contributed by atoms with Gasteiger partial charge in [-0.1, -0.05) is 17.7 Å². The van der Waals surface area contributed by atoms with Crippen molar-refractivity contribution in [1.82, 2.24) is 4.98 Å². The molecule has 1 N–H and O–H groups in total. The summed E-state index contributed by atoms with van der Waals surface area (Å²) in [5.41, 5.74) is 1.67. The Morgan fingerprint density at radius 1 is 1.50 bits per heavy atom. The van der Waals surface area contributed by atoms with Crippen LogP contribution >= 0.6 is 22.9 Å². The number of aromatic nitrogens is 1. The number of halogens is 2. The van der Waals surface area contributed by atoms with Crippen LogP contribution < -0.4 is 0 Å². The quantitative estimate of drug-likeness (QED) is 0.928. The summed E-state index contributed by atoms with van der Waals surface area (Å²) in [6.45, 7) is 3.59. The van der Waals surface area contributed by atoms with Crippen molar-refractivity contribution in [2.24, 2.45) is 0 Å². The van der Waals surface area contributed by atoms with Crippen LogP contribution in [0.5, 0.6) is 0 Å². The standard InChI is InChI=1S/C13H13ClFNOS/c1-7-13(8(2)17)18-12(16-7)5-9-3-4-10(15)6-11(9)14/h3-4,6,8,17H,5H2,1-2H3. The van der Waals surface area contributed by atoms with Gasteiger partial charge < -0.3 is 5.11 Å². The molecule has 0 amide bonds. The molecule has 5 heteroatoms. The Labute approximate surface area is 114 Å². The molecule has 0 aliphatic rings. The van der Waals surface area contributed by atoms with E-state index in [1.54, 1.807) is 13.0 Å². The molecule has 2 aromatic rings. The van der Waals surface area contributed by atoms with Crippen molar-refractivity contribution in [3.05, 3.63) is 50.2 Å². The molecule has 1 atom stereocenters. The predicted molar refractivity (Wildman–Crippen MR) is 71.7 cm³/mol. The molecule has 0 aliphatic heterocycles. The van der Waals surface area contributed by atoms with E-state index in [-0.39, 0.29) is 5.82 Å². The summed E-state index contributed by atoms with van der Waals surface area (Å²) < 4.78 is 12.9. The second-order valence-corrected chi connectivity index (χ2v) is 5.67. The van der Waals surface area contributed by atoms with E-state index in [0.29, 0.717) is 11.4 Å². The first-order valence-electron chi connectivity index (χ1n) is 5.55. The number of nitrogens with zero attached hydrogens (tertiary/aromatic N) is 1. The minimum absolute atomic E-state index is 0.344. The van der Waals surface area contributed by atoms with Crippen molar-refractivity contribution >= 4 is 22.9 Å². The van der Waals surface area contributed by atoms with Crippen LogP contribution in [-0.2, 0) is 6.42 Å². The average molecular weight is 286 g/mol. The Morgan fingerprint density at radius 2 is 2.22 bits per heavy atom. The van der Waals surface area contributed by atoms with Crippen molar-refractivity contribution in [3.8, 4) is 0 Å². The summed E-state index contributed by atoms with van der Waals surface area (Å²) in [5, 5.41) is 10.8. The van der Waals surface area contributed by atoms with Gasteiger partial charge in [-0.3, -0.25) is 0 Å². The van der Waals surface area contributed by atoms with Crippen LogP contribution in [0.15, 0.2) is 18.2 Å². The highest BCUT2D eigenvalue weighted by atomic mass is 35.5. The Bertz CT molecular complexity index is 568. The summed E-state index contributed by atoms with van der Waals surface area (Å²) in [7, 11) is 0. The summed E-state index contributed by atoms with van der Waals surface area (Å²) in [6.07, 6.45) is 0.0390. The van der Waals surface area contributed by atoms with Gasteiger partial charge in [-0.25, -0.2) is 9.37 Å². The molecule has 0 aliphatic carbocycles. The first-order valence-corrected chi connectivity index (χ1v) is 6.75. The highest BCUT2D eigenvalue weighted by molar-refractivity contribution is 7.11. The van der Waals surface area contributed by atoms with Crippen LogP contribution in [0.2, 0.25) is 5.02 Å². The zero-order valence-electron chi connectivity index (χ0n) is 10.1. The number of aliphatic hydroxyl groups excluding tert-OH is 1. The molecule has 18 heavy (non-hydrogen) atoms. The van der Waals surface area contributed by atoms with Gasteiger partial charge in [0.1, 0.15) is 5.82 Å². The van der Waals surface area contributed by atoms with E-state index in [2.05, 4.69) is 4.98 Å². The molecule has 0 saturated heterocycles. The summed E-state index contributed by atoms with van der Waals surface area (Å²) in [5.74, 6) is -0.344. The number of aliphatic hydroxyl groups is 1. The predicted octanol–water partition coefficient (Wildman–Crippen LogP) is 3.89. The number of benzene rings is 1. The maximum absolute atomic E-state index is 12.9. The molecule has 0 spiro atoms. The molecular formula is C13H13ClFNOS. The molecule has 1 aromatic carbocycles. The highest BCUT2D eigenvalue weighted by Gasteiger charge is 2.13. The van der Waals surface area contributed by atoms with Crippen LogP contribution in [0.25, 0.3) is 0 Å². The third kappa shape index (κ3) is 2.88. The van der Waals surface area contributed by atoms with E-state index < -0.39 is 6.10 Å². The lowest BCUT2D eigenvalue weighted by Crippen LogP contribution is -1.90. The number of rotatable bonds is 3. The van der Waals surface area contributed by atoms with Crippen LogP contribution in [0.3, 0.4) is 0 Å². The average Bonchev–Trinajstić information content (AvgIpc) is 2.64. The first kappa shape index (κ1) is 13.5. The van der Waals surface area contributed by atoms with E-state index in [1.807, 2.05) is 6.92 Å². The zero-order valence-corrected chi connectivity index (χ0v) is 11.6. The lowest BCUT2D eigenvalue weighted by atomic mass is 10.1. The molecule has 1 unspecified atom stereocenters. The van der Waals surface area contributed by atoms with Crippen LogP contribution in [0, 0.1) is 12.7 Å². The molecule has 2 nitrogen and oxygen atoms in total. The van der Waals surface area contributed by atoms with Crippen molar-refractivity contribution in [2.75, 3.05) is 0 Å². The van der Waals surface area contributed by atoms with E-state index in [0.717, 1.165) is 21.1 Å². The van der Waals surface area contributed by atoms with Gasteiger partial charge in [-0.2, -0.15) is 0 Å². The van der Waals surface area contributed by atoms with Gasteiger partial charge in [-0.05, 0) is 31.5 Å². The first-order chi connectivity index (χ1) is 8.47. The molecule has 96 valence electrons. The Kier molecular flexibility index (Phi) is 4.00. The van der Waals surface area contributed by atoms with Gasteiger partial charge in [0.15, 0.2) is 0 Å². The molecule has 0 saturated carbocycles. The molecule has 0 bridgehead atoms. The fourth-order valence-electron chi connectivity index (χ4n) is 1.76. The lowest BCUT2D eigenvalue weighted by molar-refractivity contribution is 0.202. The highest BCUT2D eigenvalue weighted by Crippen LogP contribution is 2.28. The largest absolute Gasteiger partial charge is 0.388 e. The van der Waals surface area contributed by atoms with E-state index in [9.17, 15) is 9.50 Å². The summed E-state index contributed by atoms with van der Waals surface area (Å²) in [6, 6.07) is 4.35. The minimum Gasteiger partial charge on any atom is -0.388 e. The smallest absolute Gasteiger partial charge is 0.124 e. The number of aryl methyl sites for hydroxylation is 1. The van der Waals surface area contributed by atoms with Gasteiger partial charge in [0.2, 0.25) is 0 Å². The SMILES string of the molecule is Cc1nc(Cc2ccc(F)cc2Cl)sc1C(C)O. The Balaban J connectivity index is 2.26. The summed E-state index contributed by atoms with van der Waals surface area (Å²) in [4.78, 5) is 5.26.